The first-order valence-corrected chi connectivity index (χ1v) is 6.58. The van der Waals surface area contributed by atoms with Gasteiger partial charge in [0.2, 0.25) is 0 Å². The van der Waals surface area contributed by atoms with Crippen molar-refractivity contribution >= 4 is 0 Å². The first-order chi connectivity index (χ1) is 8.50. The fourth-order valence-electron chi connectivity index (χ4n) is 2.58. The normalized spacial score (nSPS) is 24.1. The van der Waals surface area contributed by atoms with Gasteiger partial charge in [0.1, 0.15) is 5.82 Å². The molecule has 1 aromatic rings. The van der Waals surface area contributed by atoms with E-state index in [1.807, 2.05) is 0 Å². The van der Waals surface area contributed by atoms with Gasteiger partial charge in [-0.25, -0.2) is 4.39 Å². The lowest BCUT2D eigenvalue weighted by Gasteiger charge is -2.44. The van der Waals surface area contributed by atoms with Crippen LogP contribution in [0.4, 0.5) is 4.39 Å². The van der Waals surface area contributed by atoms with Crippen molar-refractivity contribution in [1.29, 1.82) is 0 Å². The van der Waals surface area contributed by atoms with Crippen LogP contribution in [0.25, 0.3) is 0 Å². The van der Waals surface area contributed by atoms with E-state index in [2.05, 4.69) is 36.0 Å². The van der Waals surface area contributed by atoms with Crippen molar-refractivity contribution in [2.24, 2.45) is 0 Å². The van der Waals surface area contributed by atoms with Gasteiger partial charge in [0.15, 0.2) is 0 Å². The highest BCUT2D eigenvalue weighted by Gasteiger charge is 2.31. The van der Waals surface area contributed by atoms with Gasteiger partial charge in [0, 0.05) is 37.4 Å². The Morgan fingerprint density at radius 2 is 2.28 bits per heavy atom. The molecule has 0 amide bonds. The van der Waals surface area contributed by atoms with Crippen LogP contribution in [0.1, 0.15) is 32.8 Å². The minimum atomic E-state index is -0.255. The summed E-state index contributed by atoms with van der Waals surface area (Å²) in [6.07, 6.45) is 4.11. The van der Waals surface area contributed by atoms with E-state index in [0.717, 1.165) is 31.6 Å². The second-order valence-corrected chi connectivity index (χ2v) is 5.74. The maximum atomic E-state index is 13.2. The molecule has 1 unspecified atom stereocenters. The second kappa shape index (κ2) is 5.33. The molecule has 1 aromatic heterocycles. The molecule has 1 N–H and O–H groups in total. The fraction of sp³-hybridized carbons (Fsp3) is 0.643. The molecule has 18 heavy (non-hydrogen) atoms. The summed E-state index contributed by atoms with van der Waals surface area (Å²) in [6, 6.07) is 2.09. The first-order valence-electron chi connectivity index (χ1n) is 6.58. The van der Waals surface area contributed by atoms with Crippen LogP contribution in [0.3, 0.4) is 0 Å². The van der Waals surface area contributed by atoms with Gasteiger partial charge in [-0.2, -0.15) is 0 Å². The number of rotatable bonds is 3. The van der Waals surface area contributed by atoms with Crippen molar-refractivity contribution in [1.82, 2.24) is 15.2 Å². The van der Waals surface area contributed by atoms with E-state index in [1.165, 1.54) is 6.20 Å². The van der Waals surface area contributed by atoms with Crippen LogP contribution in [-0.2, 0) is 6.54 Å². The molecule has 4 heteroatoms. The van der Waals surface area contributed by atoms with E-state index in [0.29, 0.717) is 6.04 Å². The van der Waals surface area contributed by atoms with Crippen molar-refractivity contribution in [3.8, 4) is 0 Å². The van der Waals surface area contributed by atoms with Gasteiger partial charge in [0.25, 0.3) is 0 Å². The van der Waals surface area contributed by atoms with E-state index < -0.39 is 0 Å². The molecular weight excluding hydrogens is 229 g/mol. The molecule has 0 spiro atoms. The monoisotopic (exact) mass is 251 g/mol. The molecular formula is C14H22FN3. The third-order valence-corrected chi connectivity index (χ3v) is 3.55. The summed E-state index contributed by atoms with van der Waals surface area (Å²) in [5, 5.41) is 3.56. The largest absolute Gasteiger partial charge is 0.309 e. The van der Waals surface area contributed by atoms with Crippen LogP contribution < -0.4 is 5.32 Å². The molecule has 1 fully saturated rings. The van der Waals surface area contributed by atoms with Gasteiger partial charge in [-0.3, -0.25) is 9.88 Å². The first kappa shape index (κ1) is 13.4. The maximum absolute atomic E-state index is 13.2. The molecule has 1 aliphatic rings. The number of aromatic nitrogens is 1. The zero-order valence-electron chi connectivity index (χ0n) is 11.4. The van der Waals surface area contributed by atoms with E-state index in [9.17, 15) is 4.39 Å². The summed E-state index contributed by atoms with van der Waals surface area (Å²) in [5.41, 5.74) is 1.07. The average molecular weight is 251 g/mol. The van der Waals surface area contributed by atoms with Crippen molar-refractivity contribution in [3.05, 3.63) is 29.8 Å². The van der Waals surface area contributed by atoms with Crippen molar-refractivity contribution < 1.29 is 4.39 Å². The quantitative estimate of drug-likeness (QED) is 0.892. The molecule has 100 valence electrons. The third-order valence-electron chi connectivity index (χ3n) is 3.55. The predicted molar refractivity (Wildman–Crippen MR) is 70.8 cm³/mol. The molecule has 0 aromatic carbocycles. The molecule has 1 saturated heterocycles. The number of piperazine rings is 1. The Bertz CT molecular complexity index is 406. The van der Waals surface area contributed by atoms with E-state index in [4.69, 9.17) is 0 Å². The van der Waals surface area contributed by atoms with Crippen molar-refractivity contribution in [3.63, 3.8) is 0 Å². The number of halogens is 1. The topological polar surface area (TPSA) is 28.2 Å². The van der Waals surface area contributed by atoms with Gasteiger partial charge >= 0.3 is 0 Å². The summed E-state index contributed by atoms with van der Waals surface area (Å²) < 4.78 is 13.2. The summed E-state index contributed by atoms with van der Waals surface area (Å²) in [5.74, 6) is -0.255. The van der Waals surface area contributed by atoms with Crippen LogP contribution in [0.2, 0.25) is 0 Å². The smallest absolute Gasteiger partial charge is 0.141 e. The minimum Gasteiger partial charge on any atom is -0.309 e. The molecule has 0 saturated carbocycles. The van der Waals surface area contributed by atoms with E-state index >= 15 is 0 Å². The predicted octanol–water partition coefficient (Wildman–Crippen LogP) is 2.18. The number of pyridine rings is 1. The van der Waals surface area contributed by atoms with Crippen LogP contribution in [0.15, 0.2) is 18.5 Å². The van der Waals surface area contributed by atoms with Crippen molar-refractivity contribution in [2.75, 3.05) is 13.1 Å². The fourth-order valence-corrected chi connectivity index (χ4v) is 2.58. The molecule has 0 bridgehead atoms. The lowest BCUT2D eigenvalue weighted by Crippen LogP contribution is -2.60. The zero-order chi connectivity index (χ0) is 13.2. The molecule has 0 aliphatic carbocycles. The Hall–Kier alpha value is -1.00. The highest BCUT2D eigenvalue weighted by atomic mass is 19.1. The molecule has 3 nitrogen and oxygen atoms in total. The maximum Gasteiger partial charge on any atom is 0.141 e. The molecule has 1 atom stereocenters. The Kier molecular flexibility index (Phi) is 3.97. The molecule has 2 rings (SSSR count). The summed E-state index contributed by atoms with van der Waals surface area (Å²) in [4.78, 5) is 6.34. The number of hydrogen-bond acceptors (Lipinski definition) is 3. The van der Waals surface area contributed by atoms with Crippen LogP contribution in [0, 0.1) is 5.82 Å². The Balaban J connectivity index is 2.09. The molecule has 2 heterocycles. The van der Waals surface area contributed by atoms with Crippen LogP contribution in [-0.4, -0.2) is 34.6 Å². The van der Waals surface area contributed by atoms with Gasteiger partial charge < -0.3 is 5.32 Å². The number of nitrogens with zero attached hydrogens (tertiary/aromatic N) is 2. The summed E-state index contributed by atoms with van der Waals surface area (Å²) >= 11 is 0. The Morgan fingerprint density at radius 3 is 2.94 bits per heavy atom. The molecule has 1 aliphatic heterocycles. The number of nitrogens with one attached hydrogen (secondary N) is 1. The highest BCUT2D eigenvalue weighted by Crippen LogP contribution is 2.19. The van der Waals surface area contributed by atoms with Gasteiger partial charge in [0.05, 0.1) is 6.20 Å². The standard InChI is InChI=1S/C14H22FN3/c1-4-13-8-17-14(2,3)10-18(13)9-11-5-12(15)7-16-6-11/h5-7,13,17H,4,8-10H2,1-3H3. The second-order valence-electron chi connectivity index (χ2n) is 5.74. The Morgan fingerprint density at radius 1 is 1.50 bits per heavy atom. The SMILES string of the molecule is CCC1CNC(C)(C)CN1Cc1cncc(F)c1. The third kappa shape index (κ3) is 3.27. The lowest BCUT2D eigenvalue weighted by molar-refractivity contribution is 0.0857. The van der Waals surface area contributed by atoms with Gasteiger partial charge in [-0.05, 0) is 31.9 Å². The van der Waals surface area contributed by atoms with E-state index in [1.54, 1.807) is 12.3 Å². The average Bonchev–Trinajstić information content (AvgIpc) is 2.28. The highest BCUT2D eigenvalue weighted by molar-refractivity contribution is 5.11. The molecule has 0 radical (unpaired) electrons. The lowest BCUT2D eigenvalue weighted by atomic mass is 9.97. The van der Waals surface area contributed by atoms with E-state index in [-0.39, 0.29) is 11.4 Å². The zero-order valence-corrected chi connectivity index (χ0v) is 11.4. The van der Waals surface area contributed by atoms with Crippen LogP contribution in [0.5, 0.6) is 0 Å². The van der Waals surface area contributed by atoms with Crippen LogP contribution >= 0.6 is 0 Å². The number of hydrogen-bond donors (Lipinski definition) is 1. The summed E-state index contributed by atoms with van der Waals surface area (Å²) in [7, 11) is 0. The van der Waals surface area contributed by atoms with Gasteiger partial charge in [-0.15, -0.1) is 0 Å². The summed E-state index contributed by atoms with van der Waals surface area (Å²) in [6.45, 7) is 9.34. The van der Waals surface area contributed by atoms with Gasteiger partial charge in [-0.1, -0.05) is 6.92 Å². The Labute approximate surface area is 108 Å². The minimum absolute atomic E-state index is 0.117. The van der Waals surface area contributed by atoms with Crippen molar-refractivity contribution in [2.45, 2.75) is 45.3 Å².